The van der Waals surface area contributed by atoms with Gasteiger partial charge in [-0.25, -0.2) is 4.79 Å². The summed E-state index contributed by atoms with van der Waals surface area (Å²) in [5, 5.41) is 8.83. The quantitative estimate of drug-likeness (QED) is 0.619. The van der Waals surface area contributed by atoms with Crippen LogP contribution in [0.1, 0.15) is 33.6 Å². The lowest BCUT2D eigenvalue weighted by Gasteiger charge is -2.12. The summed E-state index contributed by atoms with van der Waals surface area (Å²) in [5.74, 6) is -1.10. The summed E-state index contributed by atoms with van der Waals surface area (Å²) in [6, 6.07) is 11.8. The summed E-state index contributed by atoms with van der Waals surface area (Å²) in [6.45, 7) is -0.0547. The van der Waals surface area contributed by atoms with Gasteiger partial charge in [0.2, 0.25) is 5.91 Å². The van der Waals surface area contributed by atoms with Gasteiger partial charge in [-0.15, -0.1) is 0 Å². The standard InChI is InChI=1S/C20H20ClN3O4/c1-28-20(27)15-10-13(8-9-16(15)21)22-11-18(25)24-17-5-3-2-4-14(17)19(26)23-12-6-7-12/h2-5,8-10,12,22H,6-7,11H2,1H3,(H,23,26)(H,24,25). The van der Waals surface area contributed by atoms with Gasteiger partial charge in [-0.3, -0.25) is 9.59 Å². The smallest absolute Gasteiger partial charge is 0.339 e. The maximum atomic E-state index is 12.3. The number of esters is 1. The highest BCUT2D eigenvalue weighted by Crippen LogP contribution is 2.22. The Morgan fingerprint density at radius 3 is 2.57 bits per heavy atom. The molecule has 3 N–H and O–H groups in total. The molecule has 1 saturated carbocycles. The monoisotopic (exact) mass is 401 g/mol. The van der Waals surface area contributed by atoms with Crippen molar-refractivity contribution in [3.8, 4) is 0 Å². The number of rotatable bonds is 7. The van der Waals surface area contributed by atoms with Crippen molar-refractivity contribution in [1.29, 1.82) is 0 Å². The second kappa shape index (κ2) is 8.75. The number of para-hydroxylation sites is 1. The molecule has 0 atom stereocenters. The molecule has 1 fully saturated rings. The topological polar surface area (TPSA) is 96.5 Å². The summed E-state index contributed by atoms with van der Waals surface area (Å²) in [5.41, 5.74) is 1.61. The minimum Gasteiger partial charge on any atom is -0.465 e. The Hall–Kier alpha value is -3.06. The molecule has 0 bridgehead atoms. The zero-order valence-electron chi connectivity index (χ0n) is 15.3. The Balaban J connectivity index is 1.62. The number of amides is 2. The van der Waals surface area contributed by atoms with Crippen molar-refractivity contribution in [2.45, 2.75) is 18.9 Å². The van der Waals surface area contributed by atoms with Crippen LogP contribution in [0.25, 0.3) is 0 Å². The van der Waals surface area contributed by atoms with Crippen LogP contribution >= 0.6 is 11.6 Å². The third-order valence-corrected chi connectivity index (χ3v) is 4.51. The van der Waals surface area contributed by atoms with Crippen LogP contribution in [-0.4, -0.2) is 37.5 Å². The molecule has 7 nitrogen and oxygen atoms in total. The molecule has 3 rings (SSSR count). The van der Waals surface area contributed by atoms with Crippen molar-refractivity contribution in [3.63, 3.8) is 0 Å². The van der Waals surface area contributed by atoms with Crippen LogP contribution < -0.4 is 16.0 Å². The van der Waals surface area contributed by atoms with Crippen LogP contribution in [0.3, 0.4) is 0 Å². The number of methoxy groups -OCH3 is 1. The molecule has 0 spiro atoms. The number of carbonyl (C=O) groups excluding carboxylic acids is 3. The maximum absolute atomic E-state index is 12.3. The lowest BCUT2D eigenvalue weighted by atomic mass is 10.1. The number of hydrogen-bond acceptors (Lipinski definition) is 5. The van der Waals surface area contributed by atoms with Crippen molar-refractivity contribution in [2.75, 3.05) is 24.3 Å². The van der Waals surface area contributed by atoms with Crippen molar-refractivity contribution < 1.29 is 19.1 Å². The number of ether oxygens (including phenoxy) is 1. The van der Waals surface area contributed by atoms with Crippen LogP contribution in [-0.2, 0) is 9.53 Å². The third-order valence-electron chi connectivity index (χ3n) is 4.18. The fourth-order valence-electron chi connectivity index (χ4n) is 2.56. The van der Waals surface area contributed by atoms with E-state index in [0.717, 1.165) is 12.8 Å². The van der Waals surface area contributed by atoms with Crippen LogP contribution in [0.4, 0.5) is 11.4 Å². The number of carbonyl (C=O) groups is 3. The lowest BCUT2D eigenvalue weighted by Crippen LogP contribution is -2.28. The minimum absolute atomic E-state index is 0.0547. The third kappa shape index (κ3) is 5.01. The van der Waals surface area contributed by atoms with E-state index in [1.165, 1.54) is 13.2 Å². The highest BCUT2D eigenvalue weighted by molar-refractivity contribution is 6.33. The molecular weight excluding hydrogens is 382 g/mol. The molecule has 0 saturated heterocycles. The highest BCUT2D eigenvalue weighted by atomic mass is 35.5. The van der Waals surface area contributed by atoms with Crippen LogP contribution in [0.2, 0.25) is 5.02 Å². The average molecular weight is 402 g/mol. The maximum Gasteiger partial charge on any atom is 0.339 e. The zero-order chi connectivity index (χ0) is 20.1. The Bertz CT molecular complexity index is 912. The van der Waals surface area contributed by atoms with Crippen molar-refractivity contribution >= 4 is 40.8 Å². The van der Waals surface area contributed by atoms with Gasteiger partial charge in [-0.1, -0.05) is 23.7 Å². The molecule has 146 valence electrons. The van der Waals surface area contributed by atoms with Crippen LogP contribution in [0, 0.1) is 0 Å². The Labute approximate surface area is 167 Å². The van der Waals surface area contributed by atoms with E-state index in [2.05, 4.69) is 20.7 Å². The average Bonchev–Trinajstić information content (AvgIpc) is 3.51. The van der Waals surface area contributed by atoms with Gasteiger partial charge in [0.1, 0.15) is 0 Å². The summed E-state index contributed by atoms with van der Waals surface area (Å²) in [7, 11) is 1.27. The lowest BCUT2D eigenvalue weighted by molar-refractivity contribution is -0.114. The molecular formula is C20H20ClN3O4. The van der Waals surface area contributed by atoms with Crippen molar-refractivity contribution in [2.24, 2.45) is 0 Å². The normalized spacial score (nSPS) is 12.8. The van der Waals surface area contributed by atoms with Gasteiger partial charge >= 0.3 is 5.97 Å². The van der Waals surface area contributed by atoms with Gasteiger partial charge < -0.3 is 20.7 Å². The number of halogens is 1. The van der Waals surface area contributed by atoms with Crippen molar-refractivity contribution in [3.05, 3.63) is 58.6 Å². The van der Waals surface area contributed by atoms with E-state index in [0.29, 0.717) is 16.9 Å². The van der Waals surface area contributed by atoms with E-state index in [4.69, 9.17) is 11.6 Å². The predicted molar refractivity (Wildman–Crippen MR) is 107 cm³/mol. The zero-order valence-corrected chi connectivity index (χ0v) is 16.0. The summed E-state index contributed by atoms with van der Waals surface area (Å²) >= 11 is 5.98. The SMILES string of the molecule is COC(=O)c1cc(NCC(=O)Nc2ccccc2C(=O)NC2CC2)ccc1Cl. The second-order valence-corrected chi connectivity index (χ2v) is 6.79. The van der Waals surface area contributed by atoms with E-state index >= 15 is 0 Å². The molecule has 2 aromatic rings. The fraction of sp³-hybridized carbons (Fsp3) is 0.250. The van der Waals surface area contributed by atoms with E-state index in [9.17, 15) is 14.4 Å². The largest absolute Gasteiger partial charge is 0.465 e. The molecule has 1 aliphatic carbocycles. The van der Waals surface area contributed by atoms with Gasteiger partial charge in [0.15, 0.2) is 0 Å². The predicted octanol–water partition coefficient (Wildman–Crippen LogP) is 3.07. The Morgan fingerprint density at radius 1 is 1.11 bits per heavy atom. The van der Waals surface area contributed by atoms with Crippen LogP contribution in [0.15, 0.2) is 42.5 Å². The molecule has 0 heterocycles. The van der Waals surface area contributed by atoms with Gasteiger partial charge in [0.25, 0.3) is 5.91 Å². The first-order valence-corrected chi connectivity index (χ1v) is 9.17. The van der Waals surface area contributed by atoms with Gasteiger partial charge in [-0.05, 0) is 43.2 Å². The number of anilines is 2. The molecule has 0 unspecified atom stereocenters. The van der Waals surface area contributed by atoms with Crippen molar-refractivity contribution in [1.82, 2.24) is 5.32 Å². The Kier molecular flexibility index (Phi) is 6.16. The summed E-state index contributed by atoms with van der Waals surface area (Å²) in [4.78, 5) is 36.3. The first-order chi connectivity index (χ1) is 13.5. The summed E-state index contributed by atoms with van der Waals surface area (Å²) < 4.78 is 4.68. The number of benzene rings is 2. The molecule has 28 heavy (non-hydrogen) atoms. The minimum atomic E-state index is -0.561. The molecule has 2 amide bonds. The molecule has 0 aliphatic heterocycles. The summed E-state index contributed by atoms with van der Waals surface area (Å²) in [6.07, 6.45) is 1.97. The van der Waals surface area contributed by atoms with Gasteiger partial charge in [0.05, 0.1) is 35.5 Å². The first-order valence-electron chi connectivity index (χ1n) is 8.79. The highest BCUT2D eigenvalue weighted by Gasteiger charge is 2.25. The van der Waals surface area contributed by atoms with E-state index < -0.39 is 5.97 Å². The van der Waals surface area contributed by atoms with Gasteiger partial charge in [-0.2, -0.15) is 0 Å². The molecule has 0 radical (unpaired) electrons. The number of hydrogen-bond donors (Lipinski definition) is 3. The number of nitrogens with one attached hydrogen (secondary N) is 3. The van der Waals surface area contributed by atoms with E-state index in [1.54, 1.807) is 36.4 Å². The Morgan fingerprint density at radius 2 is 1.86 bits per heavy atom. The molecule has 0 aromatic heterocycles. The molecule has 2 aromatic carbocycles. The second-order valence-electron chi connectivity index (χ2n) is 6.38. The molecule has 8 heteroatoms. The fourth-order valence-corrected chi connectivity index (χ4v) is 2.75. The van der Waals surface area contributed by atoms with E-state index in [-0.39, 0.29) is 35.0 Å². The van der Waals surface area contributed by atoms with Crippen LogP contribution in [0.5, 0.6) is 0 Å². The molecule has 1 aliphatic rings. The van der Waals surface area contributed by atoms with Gasteiger partial charge in [0, 0.05) is 11.7 Å². The van der Waals surface area contributed by atoms with E-state index in [1.807, 2.05) is 0 Å². The first kappa shape index (κ1) is 19.7.